The maximum absolute atomic E-state index is 12.0. The SMILES string of the molecule is CC(C)S(=O)(=O)CCC(CBr)(CBr)C1CCCC1. The maximum atomic E-state index is 12.0. The van der Waals surface area contributed by atoms with Gasteiger partial charge in [-0.2, -0.15) is 0 Å². The van der Waals surface area contributed by atoms with Crippen molar-refractivity contribution in [2.45, 2.75) is 51.2 Å². The van der Waals surface area contributed by atoms with Crippen LogP contribution >= 0.6 is 31.9 Å². The van der Waals surface area contributed by atoms with Gasteiger partial charge in [0.2, 0.25) is 0 Å². The molecule has 1 aliphatic carbocycles. The molecule has 1 aliphatic rings. The molecular formula is C13H24Br2O2S. The van der Waals surface area contributed by atoms with Crippen LogP contribution in [0.1, 0.15) is 46.0 Å². The molecule has 0 aromatic carbocycles. The van der Waals surface area contributed by atoms with Gasteiger partial charge in [0.15, 0.2) is 9.84 Å². The van der Waals surface area contributed by atoms with Gasteiger partial charge in [-0.05, 0) is 44.4 Å². The molecule has 18 heavy (non-hydrogen) atoms. The van der Waals surface area contributed by atoms with Crippen LogP contribution in [0.25, 0.3) is 0 Å². The molecule has 108 valence electrons. The first-order chi connectivity index (χ1) is 8.38. The highest BCUT2D eigenvalue weighted by Gasteiger charge is 2.39. The van der Waals surface area contributed by atoms with Crippen molar-refractivity contribution in [1.82, 2.24) is 0 Å². The average molecular weight is 404 g/mol. The Morgan fingerprint density at radius 2 is 1.67 bits per heavy atom. The van der Waals surface area contributed by atoms with Gasteiger partial charge in [-0.25, -0.2) is 8.42 Å². The van der Waals surface area contributed by atoms with Gasteiger partial charge < -0.3 is 0 Å². The Balaban J connectivity index is 2.74. The van der Waals surface area contributed by atoms with Gasteiger partial charge in [-0.1, -0.05) is 44.7 Å². The van der Waals surface area contributed by atoms with Crippen LogP contribution in [0.15, 0.2) is 0 Å². The Morgan fingerprint density at radius 3 is 2.06 bits per heavy atom. The van der Waals surface area contributed by atoms with Gasteiger partial charge in [0, 0.05) is 10.7 Å². The summed E-state index contributed by atoms with van der Waals surface area (Å²) in [6.45, 7) is 3.55. The molecule has 0 spiro atoms. The molecule has 0 heterocycles. The van der Waals surface area contributed by atoms with E-state index in [2.05, 4.69) is 31.9 Å². The lowest BCUT2D eigenvalue weighted by Crippen LogP contribution is -2.36. The minimum atomic E-state index is -2.92. The third-order valence-electron chi connectivity index (χ3n) is 4.36. The van der Waals surface area contributed by atoms with Crippen LogP contribution in [-0.2, 0) is 9.84 Å². The maximum Gasteiger partial charge on any atom is 0.152 e. The van der Waals surface area contributed by atoms with Gasteiger partial charge in [0.1, 0.15) is 0 Å². The Bertz CT molecular complexity index is 342. The summed E-state index contributed by atoms with van der Waals surface area (Å²) in [5.41, 5.74) is 0.110. The average Bonchev–Trinajstić information content (AvgIpc) is 2.85. The highest BCUT2D eigenvalue weighted by molar-refractivity contribution is 9.09. The van der Waals surface area contributed by atoms with Crippen LogP contribution in [0.2, 0.25) is 0 Å². The Morgan fingerprint density at radius 1 is 1.17 bits per heavy atom. The normalized spacial score (nSPS) is 18.7. The molecule has 0 unspecified atom stereocenters. The Kier molecular flexibility index (Phi) is 6.66. The molecule has 0 atom stereocenters. The predicted molar refractivity (Wildman–Crippen MR) is 85.5 cm³/mol. The van der Waals surface area contributed by atoms with Crippen molar-refractivity contribution in [3.8, 4) is 0 Å². The van der Waals surface area contributed by atoms with Gasteiger partial charge in [0.05, 0.1) is 11.0 Å². The summed E-state index contributed by atoms with van der Waals surface area (Å²) in [6, 6.07) is 0. The number of sulfone groups is 1. The minimum Gasteiger partial charge on any atom is -0.229 e. The zero-order valence-corrected chi connectivity index (χ0v) is 15.3. The molecule has 1 saturated carbocycles. The van der Waals surface area contributed by atoms with Crippen molar-refractivity contribution in [1.29, 1.82) is 0 Å². The van der Waals surface area contributed by atoms with Crippen molar-refractivity contribution in [2.24, 2.45) is 11.3 Å². The molecule has 0 aromatic rings. The van der Waals surface area contributed by atoms with E-state index in [4.69, 9.17) is 0 Å². The van der Waals surface area contributed by atoms with E-state index in [1.165, 1.54) is 25.7 Å². The molecule has 0 amide bonds. The summed E-state index contributed by atoms with van der Waals surface area (Å²) >= 11 is 7.25. The van der Waals surface area contributed by atoms with Crippen LogP contribution in [0.3, 0.4) is 0 Å². The number of hydrogen-bond donors (Lipinski definition) is 0. The molecule has 0 bridgehead atoms. The van der Waals surface area contributed by atoms with E-state index >= 15 is 0 Å². The summed E-state index contributed by atoms with van der Waals surface area (Å²) in [6.07, 6.45) is 5.86. The molecule has 0 aromatic heterocycles. The molecule has 0 aliphatic heterocycles. The summed E-state index contributed by atoms with van der Waals surface area (Å²) < 4.78 is 24.0. The zero-order chi connectivity index (χ0) is 13.8. The van der Waals surface area contributed by atoms with E-state index in [9.17, 15) is 8.42 Å². The van der Waals surface area contributed by atoms with Crippen LogP contribution in [-0.4, -0.2) is 30.1 Å². The lowest BCUT2D eigenvalue weighted by molar-refractivity contribution is 0.226. The molecule has 0 N–H and O–H groups in total. The lowest BCUT2D eigenvalue weighted by Gasteiger charge is -2.36. The van der Waals surface area contributed by atoms with Crippen LogP contribution in [0, 0.1) is 11.3 Å². The van der Waals surface area contributed by atoms with Crippen LogP contribution < -0.4 is 0 Å². The van der Waals surface area contributed by atoms with Gasteiger partial charge >= 0.3 is 0 Å². The van der Waals surface area contributed by atoms with E-state index in [1.807, 2.05) is 0 Å². The molecule has 5 heteroatoms. The highest BCUT2D eigenvalue weighted by atomic mass is 79.9. The fourth-order valence-corrected chi connectivity index (χ4v) is 6.28. The standard InChI is InChI=1S/C13H24Br2O2S/c1-11(2)18(16,17)8-7-13(9-14,10-15)12-5-3-4-6-12/h11-12H,3-10H2,1-2H3. The Labute approximate surface area is 128 Å². The molecule has 1 fully saturated rings. The first kappa shape index (κ1) is 17.0. The van der Waals surface area contributed by atoms with E-state index in [0.717, 1.165) is 17.1 Å². The molecule has 2 nitrogen and oxygen atoms in total. The second-order valence-electron chi connectivity index (χ2n) is 5.78. The number of hydrogen-bond acceptors (Lipinski definition) is 2. The van der Waals surface area contributed by atoms with Gasteiger partial charge in [-0.15, -0.1) is 0 Å². The lowest BCUT2D eigenvalue weighted by atomic mass is 9.75. The predicted octanol–water partition coefficient (Wildman–Crippen LogP) is 4.17. The first-order valence-corrected chi connectivity index (χ1v) is 10.7. The van der Waals surface area contributed by atoms with Crippen molar-refractivity contribution < 1.29 is 8.42 Å². The summed E-state index contributed by atoms with van der Waals surface area (Å²) in [5.74, 6) is 0.983. The largest absolute Gasteiger partial charge is 0.229 e. The first-order valence-electron chi connectivity index (χ1n) is 6.71. The van der Waals surface area contributed by atoms with E-state index in [1.54, 1.807) is 13.8 Å². The second-order valence-corrected chi connectivity index (χ2v) is 9.58. The van der Waals surface area contributed by atoms with E-state index < -0.39 is 9.84 Å². The molecule has 1 rings (SSSR count). The zero-order valence-electron chi connectivity index (χ0n) is 11.3. The molecular weight excluding hydrogens is 380 g/mol. The smallest absolute Gasteiger partial charge is 0.152 e. The fraction of sp³-hybridized carbons (Fsp3) is 1.00. The Hall–Kier alpha value is 0.910. The highest BCUT2D eigenvalue weighted by Crippen LogP contribution is 2.45. The third-order valence-corrected chi connectivity index (χ3v) is 8.80. The quantitative estimate of drug-likeness (QED) is 0.598. The second kappa shape index (κ2) is 7.07. The number of rotatable bonds is 7. The summed E-state index contributed by atoms with van der Waals surface area (Å²) in [7, 11) is -2.92. The molecule has 0 radical (unpaired) electrons. The van der Waals surface area contributed by atoms with Crippen molar-refractivity contribution in [3.63, 3.8) is 0 Å². The summed E-state index contributed by atoms with van der Waals surface area (Å²) in [5, 5.41) is 1.52. The topological polar surface area (TPSA) is 34.1 Å². The number of halogens is 2. The van der Waals surface area contributed by atoms with Gasteiger partial charge in [-0.3, -0.25) is 0 Å². The fourth-order valence-electron chi connectivity index (χ4n) is 2.71. The summed E-state index contributed by atoms with van der Waals surface area (Å²) in [4.78, 5) is 0. The molecule has 0 saturated heterocycles. The van der Waals surface area contributed by atoms with Crippen molar-refractivity contribution in [3.05, 3.63) is 0 Å². The van der Waals surface area contributed by atoms with Crippen molar-refractivity contribution >= 4 is 41.7 Å². The van der Waals surface area contributed by atoms with Crippen molar-refractivity contribution in [2.75, 3.05) is 16.4 Å². The monoisotopic (exact) mass is 402 g/mol. The number of alkyl halides is 2. The van der Waals surface area contributed by atoms with Gasteiger partial charge in [0.25, 0.3) is 0 Å². The van der Waals surface area contributed by atoms with Crippen LogP contribution in [0.4, 0.5) is 0 Å². The van der Waals surface area contributed by atoms with Crippen LogP contribution in [0.5, 0.6) is 0 Å². The van der Waals surface area contributed by atoms with E-state index in [0.29, 0.717) is 11.7 Å². The third kappa shape index (κ3) is 3.95. The van der Waals surface area contributed by atoms with E-state index in [-0.39, 0.29) is 10.7 Å². The minimum absolute atomic E-state index is 0.110.